The summed E-state index contributed by atoms with van der Waals surface area (Å²) in [6.07, 6.45) is 2.42. The summed E-state index contributed by atoms with van der Waals surface area (Å²) in [6.45, 7) is 3.75. The molecule has 0 aliphatic heterocycles. The van der Waals surface area contributed by atoms with Crippen LogP contribution < -0.4 is 73.9 Å². The standard InChI is InChI=1S/C34H28Cl2N10O6S2.K/c1-19-7-3-5-9-25(19)39-33-43-29(35)41-31(45-33)37-23-15-13-21(27(17-23)53(47,48)49)11-12-22-14-16-24(18-28(22)54(50,51)52)38-32-42-30(36)44-34(46-32)40-26-10-6-4-8-20(26)2;/h3-18H,1-2H3,(H,47,48,49)(H,50,51,52)(H2,37,39,41,43,45)(H2,38,40,42,44,46);/q;+1/p-1/b12-11+;. The van der Waals surface area contributed by atoms with Gasteiger partial charge in [-0.3, -0.25) is 14.5 Å². The molecule has 276 valence electrons. The van der Waals surface area contributed by atoms with Gasteiger partial charge in [-0.2, -0.15) is 18.4 Å². The number of aryl methyl sites for hydroxylation is 2. The van der Waals surface area contributed by atoms with Crippen LogP contribution >= 0.6 is 23.2 Å². The Morgan fingerprint density at radius 3 is 1.47 bits per heavy atom. The van der Waals surface area contributed by atoms with Gasteiger partial charge in [0.1, 0.15) is 15.0 Å². The van der Waals surface area contributed by atoms with E-state index in [4.69, 9.17) is 23.2 Å². The molecule has 55 heavy (non-hydrogen) atoms. The second kappa shape index (κ2) is 17.8. The van der Waals surface area contributed by atoms with Gasteiger partial charge in [-0.05, 0) is 95.7 Å². The fraction of sp³-hybridized carbons (Fsp3) is 0.0588. The van der Waals surface area contributed by atoms with Crippen molar-refractivity contribution in [3.05, 3.63) is 140 Å². The quantitative estimate of drug-likeness (QED) is 0.0859. The van der Waals surface area contributed by atoms with Gasteiger partial charge < -0.3 is 14.5 Å². The van der Waals surface area contributed by atoms with Crippen molar-refractivity contribution in [3.63, 3.8) is 0 Å². The predicted octanol–water partition coefficient (Wildman–Crippen LogP) is 1.97. The van der Waals surface area contributed by atoms with Crippen molar-refractivity contribution >= 4 is 78.3 Å². The van der Waals surface area contributed by atoms with Gasteiger partial charge in [-0.25, -0.2) is 28.4 Å². The Bertz CT molecular complexity index is 2780. The molecular weight excluding hydrogens is 819 g/mol. The number of nitrogens with one attached hydrogen (secondary N) is 4. The number of rotatable bonds is 8. The summed E-state index contributed by atoms with van der Waals surface area (Å²) in [5, 5.41) is -0.125. The van der Waals surface area contributed by atoms with E-state index in [1.54, 1.807) is 12.1 Å². The summed E-state index contributed by atoms with van der Waals surface area (Å²) in [6, 6.07) is 22.2. The first-order valence-electron chi connectivity index (χ1n) is 15.5. The summed E-state index contributed by atoms with van der Waals surface area (Å²) in [4.78, 5) is 35.7. The molecule has 0 aliphatic rings. The van der Waals surface area contributed by atoms with Gasteiger partial charge >= 0.3 is 51.4 Å². The number of hydrogen-bond acceptors (Lipinski definition) is 11. The average molecular weight is 846 g/mol. The molecule has 0 bridgehead atoms. The van der Waals surface area contributed by atoms with E-state index in [0.29, 0.717) is 11.4 Å². The maximum Gasteiger partial charge on any atom is 1.00 e. The third kappa shape index (κ3) is 11.2. The Hall–Kier alpha value is -4.12. The van der Waals surface area contributed by atoms with Crippen molar-refractivity contribution in [1.29, 1.82) is 0 Å². The van der Waals surface area contributed by atoms with E-state index in [9.17, 15) is 25.9 Å². The molecule has 0 atom stereocenters. The zero-order valence-electron chi connectivity index (χ0n) is 29.0. The maximum absolute atomic E-state index is 12.5. The fourth-order valence-corrected chi connectivity index (χ4v) is 6.66. The van der Waals surface area contributed by atoms with E-state index in [0.717, 1.165) is 23.3 Å². The van der Waals surface area contributed by atoms with Crippen molar-refractivity contribution in [1.82, 2.24) is 29.9 Å². The van der Waals surface area contributed by atoms with Crippen molar-refractivity contribution in [3.8, 4) is 0 Å². The topological polar surface area (TPSA) is 250 Å². The first-order valence-corrected chi connectivity index (χ1v) is 19.1. The van der Waals surface area contributed by atoms with Gasteiger partial charge in [0.25, 0.3) is 10.1 Å². The minimum Gasteiger partial charge on any atom is -0.744 e. The van der Waals surface area contributed by atoms with Gasteiger partial charge in [0.2, 0.25) is 33.0 Å². The number of nitrogens with zero attached hydrogens (tertiary/aromatic N) is 6. The second-order valence-corrected chi connectivity index (χ2v) is 14.8. The molecule has 4 aromatic carbocycles. The van der Waals surface area contributed by atoms with E-state index >= 15 is 0 Å². The van der Waals surface area contributed by atoms with Gasteiger partial charge in [0, 0.05) is 0 Å². The third-order valence-corrected chi connectivity index (χ3v) is 9.62. The van der Waals surface area contributed by atoms with Crippen molar-refractivity contribution < 1.29 is 77.3 Å². The number of hydrogen-bond donors (Lipinski definition) is 5. The predicted molar refractivity (Wildman–Crippen MR) is 199 cm³/mol. The molecule has 0 spiro atoms. The number of benzene rings is 4. The van der Waals surface area contributed by atoms with E-state index < -0.39 is 30.0 Å². The van der Waals surface area contributed by atoms with Crippen LogP contribution in [0, 0.1) is 13.8 Å². The summed E-state index contributed by atoms with van der Waals surface area (Å²) in [5.74, 6) is 0. The Labute approximate surface area is 365 Å². The Kier molecular flexibility index (Phi) is 13.6. The molecule has 21 heteroatoms. The maximum atomic E-state index is 12.5. The Morgan fingerprint density at radius 2 is 1.05 bits per heavy atom. The summed E-state index contributed by atoms with van der Waals surface area (Å²) >= 11 is 12.3. The van der Waals surface area contributed by atoms with E-state index in [1.807, 2.05) is 50.2 Å². The molecule has 0 saturated heterocycles. The van der Waals surface area contributed by atoms with Gasteiger partial charge in [0.05, 0.1) is 27.6 Å². The molecule has 6 rings (SSSR count). The molecule has 6 aromatic rings. The van der Waals surface area contributed by atoms with Crippen LogP contribution in [-0.4, -0.2) is 55.8 Å². The Morgan fingerprint density at radius 1 is 0.636 bits per heavy atom. The van der Waals surface area contributed by atoms with Crippen LogP contribution in [0.4, 0.5) is 22.7 Å². The summed E-state index contributed by atoms with van der Waals surface area (Å²) in [5.41, 5.74) is 3.34. The summed E-state index contributed by atoms with van der Waals surface area (Å²) < 4.78 is 72.0. The third-order valence-electron chi connectivity index (χ3n) is 7.46. The van der Waals surface area contributed by atoms with Gasteiger partial charge in [0.15, 0.2) is 0 Å². The molecule has 0 amide bonds. The SMILES string of the molecule is Cc1ccccc1N=c1[nH]c(Cl)nc(=Nc2ccc(/C=C/c3ccc(N=c4nc(Cl)[nH]c(=Nc5ccccc5C)[nH]4)cc3S(=O)(=O)O)c(S(=O)(=O)[O-])c2)[nH]1.[K+]. The largest absolute Gasteiger partial charge is 1.00 e. The Balaban J connectivity index is 0.00000580. The van der Waals surface area contributed by atoms with Crippen LogP contribution in [0.15, 0.2) is 115 Å². The molecule has 16 nitrogen and oxygen atoms in total. The minimum absolute atomic E-state index is 0. The molecular formula is C34H27Cl2KN10O6S2. The number of halogens is 2. The van der Waals surface area contributed by atoms with E-state index in [-0.39, 0.29) is 107 Å². The minimum atomic E-state index is -5.08. The van der Waals surface area contributed by atoms with E-state index in [2.05, 4.69) is 49.9 Å². The molecule has 0 fully saturated rings. The van der Waals surface area contributed by atoms with Gasteiger partial charge in [-0.15, -0.1) is 0 Å². The number of para-hydroxylation sites is 2. The normalized spacial score (nSPS) is 13.4. The second-order valence-electron chi connectivity index (χ2n) is 11.4. The number of aromatic amines is 4. The first kappa shape index (κ1) is 42.0. The van der Waals surface area contributed by atoms with E-state index in [1.165, 1.54) is 36.4 Å². The van der Waals surface area contributed by atoms with Gasteiger partial charge in [-0.1, -0.05) is 60.7 Å². The van der Waals surface area contributed by atoms with Crippen LogP contribution in [-0.2, 0) is 20.2 Å². The molecule has 0 aliphatic carbocycles. The zero-order chi connectivity index (χ0) is 38.6. The molecule has 2 aromatic heterocycles. The number of H-pyrrole nitrogens is 4. The van der Waals surface area contributed by atoms with Crippen LogP contribution in [0.5, 0.6) is 0 Å². The molecule has 5 N–H and O–H groups in total. The fourth-order valence-electron chi connectivity index (χ4n) is 4.93. The van der Waals surface area contributed by atoms with Crippen molar-refractivity contribution in [2.24, 2.45) is 20.0 Å². The number of aromatic nitrogens is 6. The van der Waals surface area contributed by atoms with Crippen LogP contribution in [0.25, 0.3) is 12.2 Å². The molecule has 2 heterocycles. The molecule has 0 radical (unpaired) electrons. The average Bonchev–Trinajstić information content (AvgIpc) is 3.09. The van der Waals surface area contributed by atoms with Crippen LogP contribution in [0.2, 0.25) is 10.6 Å². The smallest absolute Gasteiger partial charge is 0.744 e. The van der Waals surface area contributed by atoms with Crippen molar-refractivity contribution in [2.45, 2.75) is 23.6 Å². The summed E-state index contributed by atoms with van der Waals surface area (Å²) in [7, 11) is -9.92. The van der Waals surface area contributed by atoms with Crippen molar-refractivity contribution in [2.75, 3.05) is 0 Å². The zero-order valence-corrected chi connectivity index (χ0v) is 35.2. The first-order chi connectivity index (χ1) is 25.6. The van der Waals surface area contributed by atoms with Crippen LogP contribution in [0.1, 0.15) is 22.3 Å². The molecule has 0 saturated carbocycles. The van der Waals surface area contributed by atoms with Crippen LogP contribution in [0.3, 0.4) is 0 Å². The molecule has 0 unspecified atom stereocenters. The monoisotopic (exact) mass is 844 g/mol.